The van der Waals surface area contributed by atoms with Crippen molar-refractivity contribution < 1.29 is 24.3 Å². The summed E-state index contributed by atoms with van der Waals surface area (Å²) < 4.78 is 10.6. The van der Waals surface area contributed by atoms with Gasteiger partial charge in [-0.05, 0) is 24.6 Å². The van der Waals surface area contributed by atoms with Crippen molar-refractivity contribution in [2.75, 3.05) is 45.9 Å². The van der Waals surface area contributed by atoms with Gasteiger partial charge in [0.25, 0.3) is 0 Å². The summed E-state index contributed by atoms with van der Waals surface area (Å²) in [4.78, 5) is 14.6. The minimum atomic E-state index is -0.513. The molecule has 1 aliphatic rings. The Bertz CT molecular complexity index is 504. The molecule has 1 saturated heterocycles. The van der Waals surface area contributed by atoms with Gasteiger partial charge in [0.15, 0.2) is 0 Å². The van der Waals surface area contributed by atoms with E-state index in [0.29, 0.717) is 44.5 Å². The van der Waals surface area contributed by atoms with Crippen LogP contribution in [-0.2, 0) is 16.1 Å². The van der Waals surface area contributed by atoms with Gasteiger partial charge in [0.1, 0.15) is 12.6 Å². The molecule has 0 bridgehead atoms. The number of piperazine rings is 1. The smallest absolute Gasteiger partial charge is 0.410 e. The molecule has 7 heteroatoms. The standard InChI is InChI=1S/C17H25ClN2O4/c1-2-24-17(22)20-9-7-19(8-10-20)11-16(21)13-23-12-14-3-5-15(18)6-4-14/h3-6,16,21H,2,7-13H2,1H3/p+1/t16-/m1/s1. The predicted molar refractivity (Wildman–Crippen MR) is 91.3 cm³/mol. The molecule has 2 rings (SSSR count). The third kappa shape index (κ3) is 6.28. The van der Waals surface area contributed by atoms with Crippen molar-refractivity contribution >= 4 is 17.7 Å². The molecule has 1 aliphatic heterocycles. The second-order valence-corrected chi connectivity index (χ2v) is 6.37. The number of nitrogens with zero attached hydrogens (tertiary/aromatic N) is 1. The van der Waals surface area contributed by atoms with Crippen molar-refractivity contribution in [1.82, 2.24) is 4.90 Å². The van der Waals surface area contributed by atoms with Crippen LogP contribution in [-0.4, -0.2) is 68.1 Å². The van der Waals surface area contributed by atoms with Crippen LogP contribution in [0.4, 0.5) is 4.79 Å². The zero-order chi connectivity index (χ0) is 17.4. The van der Waals surface area contributed by atoms with E-state index in [4.69, 9.17) is 21.1 Å². The van der Waals surface area contributed by atoms with Crippen LogP contribution in [0.25, 0.3) is 0 Å². The number of aliphatic hydroxyl groups excluding tert-OH is 1. The first-order chi connectivity index (χ1) is 11.6. The maximum absolute atomic E-state index is 11.6. The monoisotopic (exact) mass is 357 g/mol. The van der Waals surface area contributed by atoms with Crippen LogP contribution < -0.4 is 4.90 Å². The Morgan fingerprint density at radius 3 is 2.62 bits per heavy atom. The first-order valence-electron chi connectivity index (χ1n) is 8.34. The molecule has 1 fully saturated rings. The normalized spacial score (nSPS) is 16.9. The number of benzene rings is 1. The van der Waals surface area contributed by atoms with Gasteiger partial charge in [0.05, 0.1) is 46.0 Å². The molecular weight excluding hydrogens is 332 g/mol. The maximum Gasteiger partial charge on any atom is 0.410 e. The molecule has 24 heavy (non-hydrogen) atoms. The van der Waals surface area contributed by atoms with Gasteiger partial charge in [0.2, 0.25) is 0 Å². The minimum Gasteiger partial charge on any atom is -0.450 e. The van der Waals surface area contributed by atoms with Crippen LogP contribution in [0.1, 0.15) is 12.5 Å². The lowest BCUT2D eigenvalue weighted by Gasteiger charge is -2.32. The van der Waals surface area contributed by atoms with E-state index < -0.39 is 6.10 Å². The van der Waals surface area contributed by atoms with Crippen LogP contribution in [0.5, 0.6) is 0 Å². The number of carbonyl (C=O) groups excluding carboxylic acids is 1. The van der Waals surface area contributed by atoms with Crippen molar-refractivity contribution in [3.63, 3.8) is 0 Å². The van der Waals surface area contributed by atoms with Gasteiger partial charge in [-0.25, -0.2) is 4.79 Å². The molecular formula is C17H26ClN2O4+. The molecule has 0 aliphatic carbocycles. The van der Waals surface area contributed by atoms with Crippen LogP contribution in [0.15, 0.2) is 24.3 Å². The Morgan fingerprint density at radius 1 is 1.33 bits per heavy atom. The number of hydrogen-bond acceptors (Lipinski definition) is 4. The number of carbonyl (C=O) groups is 1. The summed E-state index contributed by atoms with van der Waals surface area (Å²) >= 11 is 5.84. The number of rotatable bonds is 7. The van der Waals surface area contributed by atoms with Gasteiger partial charge < -0.3 is 19.5 Å². The second kappa shape index (κ2) is 9.84. The highest BCUT2D eigenvalue weighted by molar-refractivity contribution is 6.30. The largest absolute Gasteiger partial charge is 0.450 e. The molecule has 1 aromatic rings. The van der Waals surface area contributed by atoms with E-state index in [9.17, 15) is 9.90 Å². The average molecular weight is 358 g/mol. The summed E-state index contributed by atoms with van der Waals surface area (Å²) in [5.74, 6) is 0. The Kier molecular flexibility index (Phi) is 7.78. The van der Waals surface area contributed by atoms with E-state index in [0.717, 1.165) is 18.7 Å². The first kappa shape index (κ1) is 19.0. The highest BCUT2D eigenvalue weighted by Gasteiger charge is 2.25. The molecule has 0 unspecified atom stereocenters. The number of nitrogens with one attached hydrogen (secondary N) is 1. The van der Waals surface area contributed by atoms with E-state index >= 15 is 0 Å². The summed E-state index contributed by atoms with van der Waals surface area (Å²) in [7, 11) is 0. The van der Waals surface area contributed by atoms with E-state index in [1.807, 2.05) is 24.3 Å². The number of aliphatic hydroxyl groups is 1. The van der Waals surface area contributed by atoms with Gasteiger partial charge in [-0.2, -0.15) is 0 Å². The van der Waals surface area contributed by atoms with Gasteiger partial charge >= 0.3 is 6.09 Å². The zero-order valence-corrected chi connectivity index (χ0v) is 14.8. The lowest BCUT2D eigenvalue weighted by molar-refractivity contribution is -0.907. The topological polar surface area (TPSA) is 63.4 Å². The van der Waals surface area contributed by atoms with Crippen molar-refractivity contribution in [2.45, 2.75) is 19.6 Å². The molecule has 0 spiro atoms. The van der Waals surface area contributed by atoms with Gasteiger partial charge in [0, 0.05) is 5.02 Å². The molecule has 0 radical (unpaired) electrons. The third-order valence-electron chi connectivity index (χ3n) is 4.01. The van der Waals surface area contributed by atoms with Crippen LogP contribution in [0.3, 0.4) is 0 Å². The number of halogens is 1. The SMILES string of the molecule is CCOC(=O)N1CC[NH+](C[C@@H](O)COCc2ccc(Cl)cc2)CC1. The highest BCUT2D eigenvalue weighted by Crippen LogP contribution is 2.10. The fourth-order valence-electron chi connectivity index (χ4n) is 2.71. The molecule has 2 N–H and O–H groups in total. The Morgan fingerprint density at radius 2 is 2.00 bits per heavy atom. The van der Waals surface area contributed by atoms with E-state index in [2.05, 4.69) is 0 Å². The number of hydrogen-bond donors (Lipinski definition) is 2. The Labute approximate surface area is 147 Å². The molecule has 0 saturated carbocycles. The maximum atomic E-state index is 11.6. The molecule has 1 aromatic carbocycles. The van der Waals surface area contributed by atoms with Crippen LogP contribution >= 0.6 is 11.6 Å². The second-order valence-electron chi connectivity index (χ2n) is 5.94. The fourth-order valence-corrected chi connectivity index (χ4v) is 2.84. The fraction of sp³-hybridized carbons (Fsp3) is 0.588. The van der Waals surface area contributed by atoms with Crippen molar-refractivity contribution in [1.29, 1.82) is 0 Å². The van der Waals surface area contributed by atoms with Crippen molar-refractivity contribution in [2.24, 2.45) is 0 Å². The Balaban J connectivity index is 1.62. The van der Waals surface area contributed by atoms with E-state index in [1.165, 1.54) is 4.90 Å². The zero-order valence-electron chi connectivity index (χ0n) is 14.0. The average Bonchev–Trinajstić information content (AvgIpc) is 2.57. The van der Waals surface area contributed by atoms with Gasteiger partial charge in [-0.1, -0.05) is 23.7 Å². The quantitative estimate of drug-likeness (QED) is 0.749. The predicted octanol–water partition coefficient (Wildman–Crippen LogP) is 0.575. The molecule has 1 heterocycles. The summed E-state index contributed by atoms with van der Waals surface area (Å²) in [6.45, 7) is 6.53. The summed E-state index contributed by atoms with van der Waals surface area (Å²) in [6, 6.07) is 7.47. The van der Waals surface area contributed by atoms with Crippen molar-refractivity contribution in [3.8, 4) is 0 Å². The van der Waals surface area contributed by atoms with E-state index in [-0.39, 0.29) is 6.09 Å². The molecule has 134 valence electrons. The Hall–Kier alpha value is -1.34. The highest BCUT2D eigenvalue weighted by atomic mass is 35.5. The molecule has 1 atom stereocenters. The van der Waals surface area contributed by atoms with Crippen LogP contribution in [0.2, 0.25) is 5.02 Å². The lowest BCUT2D eigenvalue weighted by Crippen LogP contribution is -3.15. The lowest BCUT2D eigenvalue weighted by atomic mass is 10.2. The first-order valence-corrected chi connectivity index (χ1v) is 8.71. The van der Waals surface area contributed by atoms with Gasteiger partial charge in [-0.3, -0.25) is 4.90 Å². The summed E-state index contributed by atoms with van der Waals surface area (Å²) in [5, 5.41) is 10.8. The van der Waals surface area contributed by atoms with E-state index in [1.54, 1.807) is 11.8 Å². The number of quaternary nitrogens is 1. The van der Waals surface area contributed by atoms with Crippen LogP contribution in [0, 0.1) is 0 Å². The summed E-state index contributed by atoms with van der Waals surface area (Å²) in [6.07, 6.45) is -0.759. The third-order valence-corrected chi connectivity index (χ3v) is 4.27. The molecule has 6 nitrogen and oxygen atoms in total. The number of amides is 1. The minimum absolute atomic E-state index is 0.247. The summed E-state index contributed by atoms with van der Waals surface area (Å²) in [5.41, 5.74) is 1.03. The van der Waals surface area contributed by atoms with Gasteiger partial charge in [-0.15, -0.1) is 0 Å². The van der Waals surface area contributed by atoms with Crippen molar-refractivity contribution in [3.05, 3.63) is 34.9 Å². The molecule has 0 aromatic heterocycles. The number of ether oxygens (including phenoxy) is 2. The molecule has 1 amide bonds.